The molecule has 1 saturated heterocycles. The van der Waals surface area contributed by atoms with Crippen molar-refractivity contribution in [1.29, 1.82) is 0 Å². The second-order valence-corrected chi connectivity index (χ2v) is 9.16. The SMILES string of the molecule is CC(C)C1(C(=O)NCC2CCC(F)(F)CC2)CN(C(=O)OC(C)(C)C)C1. The van der Waals surface area contributed by atoms with E-state index in [4.69, 9.17) is 4.74 Å². The molecule has 2 aliphatic rings. The number of halogens is 2. The van der Waals surface area contributed by atoms with Crippen molar-refractivity contribution >= 4 is 12.0 Å². The van der Waals surface area contributed by atoms with Crippen LogP contribution < -0.4 is 5.32 Å². The number of hydrogen-bond acceptors (Lipinski definition) is 3. The molecule has 0 unspecified atom stereocenters. The minimum atomic E-state index is -2.55. The Morgan fingerprint density at radius 2 is 1.73 bits per heavy atom. The van der Waals surface area contributed by atoms with Crippen molar-refractivity contribution in [3.63, 3.8) is 0 Å². The standard InChI is InChI=1S/C19H32F2N2O3/c1-13(2)18(11-23(12-18)16(25)26-17(3,4)5)15(24)22-10-14-6-8-19(20,21)9-7-14/h13-14H,6-12H2,1-5H3,(H,22,24). The Hall–Kier alpha value is -1.40. The summed E-state index contributed by atoms with van der Waals surface area (Å²) in [5.41, 5.74) is -1.20. The lowest BCUT2D eigenvalue weighted by molar-refractivity contribution is -0.146. The van der Waals surface area contributed by atoms with Crippen molar-refractivity contribution in [3.8, 4) is 0 Å². The summed E-state index contributed by atoms with van der Waals surface area (Å²) >= 11 is 0. The Labute approximate surface area is 154 Å². The van der Waals surface area contributed by atoms with Crippen molar-refractivity contribution in [3.05, 3.63) is 0 Å². The minimum Gasteiger partial charge on any atom is -0.444 e. The van der Waals surface area contributed by atoms with Crippen LogP contribution in [0.1, 0.15) is 60.3 Å². The molecule has 1 heterocycles. The Bertz CT molecular complexity index is 527. The van der Waals surface area contributed by atoms with Gasteiger partial charge in [-0.2, -0.15) is 0 Å². The predicted molar refractivity (Wildman–Crippen MR) is 95.0 cm³/mol. The lowest BCUT2D eigenvalue weighted by atomic mass is 9.70. The van der Waals surface area contributed by atoms with Gasteiger partial charge in [0, 0.05) is 32.5 Å². The van der Waals surface area contributed by atoms with Gasteiger partial charge in [-0.1, -0.05) is 13.8 Å². The van der Waals surface area contributed by atoms with Crippen LogP contribution in [0.4, 0.5) is 13.6 Å². The largest absolute Gasteiger partial charge is 0.444 e. The van der Waals surface area contributed by atoms with E-state index in [9.17, 15) is 18.4 Å². The van der Waals surface area contributed by atoms with Crippen LogP contribution in [-0.2, 0) is 9.53 Å². The molecule has 150 valence electrons. The summed E-state index contributed by atoms with van der Waals surface area (Å²) in [5.74, 6) is -2.48. The molecule has 0 bridgehead atoms. The highest BCUT2D eigenvalue weighted by Crippen LogP contribution is 2.40. The van der Waals surface area contributed by atoms with Crippen molar-refractivity contribution in [2.45, 2.75) is 71.8 Å². The van der Waals surface area contributed by atoms with Gasteiger partial charge in [-0.25, -0.2) is 13.6 Å². The highest BCUT2D eigenvalue weighted by atomic mass is 19.3. The fraction of sp³-hybridized carbons (Fsp3) is 0.895. The van der Waals surface area contributed by atoms with E-state index in [-0.39, 0.29) is 30.6 Å². The highest BCUT2D eigenvalue weighted by Gasteiger charge is 2.54. The summed E-state index contributed by atoms with van der Waals surface area (Å²) in [6.45, 7) is 10.4. The van der Waals surface area contributed by atoms with Gasteiger partial charge in [0.15, 0.2) is 0 Å². The molecule has 0 atom stereocenters. The predicted octanol–water partition coefficient (Wildman–Crippen LogP) is 3.82. The summed E-state index contributed by atoms with van der Waals surface area (Å²) in [6, 6.07) is 0. The minimum absolute atomic E-state index is 0.0666. The highest BCUT2D eigenvalue weighted by molar-refractivity contribution is 5.86. The van der Waals surface area contributed by atoms with E-state index in [0.29, 0.717) is 32.5 Å². The van der Waals surface area contributed by atoms with Gasteiger partial charge in [-0.05, 0) is 45.4 Å². The van der Waals surface area contributed by atoms with Crippen LogP contribution in [0.2, 0.25) is 0 Å². The first kappa shape index (κ1) is 20.9. The number of amides is 2. The molecule has 0 aromatic heterocycles. The van der Waals surface area contributed by atoms with E-state index in [2.05, 4.69) is 5.32 Å². The molecule has 1 N–H and O–H groups in total. The molecule has 1 aliphatic heterocycles. The maximum Gasteiger partial charge on any atom is 0.410 e. The zero-order valence-corrected chi connectivity index (χ0v) is 16.5. The van der Waals surface area contributed by atoms with Gasteiger partial charge in [0.1, 0.15) is 5.60 Å². The average molecular weight is 374 g/mol. The number of ether oxygens (including phenoxy) is 1. The number of likely N-dealkylation sites (tertiary alicyclic amines) is 1. The molecule has 2 rings (SSSR count). The molecule has 1 aliphatic carbocycles. The first-order valence-corrected chi connectivity index (χ1v) is 9.49. The lowest BCUT2D eigenvalue weighted by Crippen LogP contribution is -2.67. The smallest absolute Gasteiger partial charge is 0.410 e. The molecular weight excluding hydrogens is 342 g/mol. The lowest BCUT2D eigenvalue weighted by Gasteiger charge is -2.51. The van der Waals surface area contributed by atoms with Crippen LogP contribution in [0.5, 0.6) is 0 Å². The van der Waals surface area contributed by atoms with Gasteiger partial charge in [0.2, 0.25) is 11.8 Å². The van der Waals surface area contributed by atoms with Crippen LogP contribution in [0.3, 0.4) is 0 Å². The molecule has 26 heavy (non-hydrogen) atoms. The van der Waals surface area contributed by atoms with E-state index < -0.39 is 23.0 Å². The molecule has 5 nitrogen and oxygen atoms in total. The third-order valence-corrected chi connectivity index (χ3v) is 5.54. The Balaban J connectivity index is 1.86. The molecule has 7 heteroatoms. The van der Waals surface area contributed by atoms with E-state index in [1.54, 1.807) is 25.7 Å². The van der Waals surface area contributed by atoms with E-state index in [1.807, 2.05) is 13.8 Å². The molecule has 0 aromatic carbocycles. The maximum absolute atomic E-state index is 13.2. The number of alkyl halides is 2. The number of rotatable bonds is 4. The molecular formula is C19H32F2N2O3. The zero-order chi connectivity index (χ0) is 19.8. The molecule has 2 fully saturated rings. The van der Waals surface area contributed by atoms with Gasteiger partial charge in [0.05, 0.1) is 5.41 Å². The van der Waals surface area contributed by atoms with Crippen LogP contribution in [0, 0.1) is 17.3 Å². The quantitative estimate of drug-likeness (QED) is 0.814. The molecule has 0 aromatic rings. The molecule has 2 amide bonds. The van der Waals surface area contributed by atoms with Gasteiger partial charge in [-0.3, -0.25) is 4.79 Å². The van der Waals surface area contributed by atoms with Crippen molar-refractivity contribution in [1.82, 2.24) is 10.2 Å². The third-order valence-electron chi connectivity index (χ3n) is 5.54. The molecule has 0 spiro atoms. The van der Waals surface area contributed by atoms with E-state index >= 15 is 0 Å². The Morgan fingerprint density at radius 3 is 2.19 bits per heavy atom. The fourth-order valence-corrected chi connectivity index (χ4v) is 3.58. The average Bonchev–Trinajstić information content (AvgIpc) is 2.42. The topological polar surface area (TPSA) is 58.6 Å². The first-order valence-electron chi connectivity index (χ1n) is 9.49. The maximum atomic E-state index is 13.2. The molecule has 1 saturated carbocycles. The van der Waals surface area contributed by atoms with Gasteiger partial charge in [0.25, 0.3) is 0 Å². The first-order chi connectivity index (χ1) is 11.8. The van der Waals surface area contributed by atoms with Crippen LogP contribution in [-0.4, -0.2) is 48.1 Å². The van der Waals surface area contributed by atoms with Gasteiger partial charge < -0.3 is 15.0 Å². The summed E-state index contributed by atoms with van der Waals surface area (Å²) in [5, 5.41) is 2.95. The van der Waals surface area contributed by atoms with E-state index in [1.165, 1.54) is 0 Å². The molecule has 0 radical (unpaired) electrons. The summed E-state index contributed by atoms with van der Waals surface area (Å²) in [7, 11) is 0. The van der Waals surface area contributed by atoms with Gasteiger partial charge >= 0.3 is 6.09 Å². The van der Waals surface area contributed by atoms with Crippen LogP contribution in [0.25, 0.3) is 0 Å². The second kappa shape index (κ2) is 7.31. The van der Waals surface area contributed by atoms with Crippen molar-refractivity contribution < 1.29 is 23.1 Å². The monoisotopic (exact) mass is 374 g/mol. The third kappa shape index (κ3) is 4.86. The van der Waals surface area contributed by atoms with Crippen molar-refractivity contribution in [2.24, 2.45) is 17.3 Å². The van der Waals surface area contributed by atoms with Crippen LogP contribution >= 0.6 is 0 Å². The van der Waals surface area contributed by atoms with Gasteiger partial charge in [-0.15, -0.1) is 0 Å². The number of nitrogens with one attached hydrogen (secondary N) is 1. The Morgan fingerprint density at radius 1 is 1.19 bits per heavy atom. The Kier molecular flexibility index (Phi) is 5.88. The van der Waals surface area contributed by atoms with Crippen molar-refractivity contribution in [2.75, 3.05) is 19.6 Å². The summed E-state index contributed by atoms with van der Waals surface area (Å²) in [4.78, 5) is 26.5. The normalized spacial score (nSPS) is 22.7. The summed E-state index contributed by atoms with van der Waals surface area (Å²) in [6.07, 6.45) is 0.263. The van der Waals surface area contributed by atoms with Crippen LogP contribution in [0.15, 0.2) is 0 Å². The van der Waals surface area contributed by atoms with E-state index in [0.717, 1.165) is 0 Å². The fourth-order valence-electron chi connectivity index (χ4n) is 3.58. The second-order valence-electron chi connectivity index (χ2n) is 9.16. The summed E-state index contributed by atoms with van der Waals surface area (Å²) < 4.78 is 31.8. The number of carbonyl (C=O) groups excluding carboxylic acids is 2. The zero-order valence-electron chi connectivity index (χ0n) is 16.5. The number of carbonyl (C=O) groups is 2. The number of nitrogens with zero attached hydrogens (tertiary/aromatic N) is 1. The number of hydrogen-bond donors (Lipinski definition) is 1.